The summed E-state index contributed by atoms with van der Waals surface area (Å²) in [5.74, 6) is 0. The van der Waals surface area contributed by atoms with Crippen molar-refractivity contribution < 1.29 is 19.2 Å². The predicted octanol–water partition coefficient (Wildman–Crippen LogP) is 2.80. The van der Waals surface area contributed by atoms with E-state index < -0.39 is 13.2 Å². The molecule has 2 heterocycles. The third-order valence-electron chi connectivity index (χ3n) is 5.32. The zero-order chi connectivity index (χ0) is 16.8. The van der Waals surface area contributed by atoms with Gasteiger partial charge in [0, 0.05) is 6.54 Å². The van der Waals surface area contributed by atoms with Crippen molar-refractivity contribution in [3.8, 4) is 0 Å². The first-order valence-corrected chi connectivity index (χ1v) is 8.16. The van der Waals surface area contributed by atoms with E-state index in [9.17, 15) is 9.90 Å². The lowest BCUT2D eigenvalue weighted by atomic mass is 9.78. The lowest BCUT2D eigenvalue weighted by Crippen LogP contribution is -2.41. The Kier molecular flexibility index (Phi) is 3.93. The highest BCUT2D eigenvalue weighted by atomic mass is 16.7. The van der Waals surface area contributed by atoms with E-state index >= 15 is 0 Å². The van der Waals surface area contributed by atoms with Crippen LogP contribution in [0.5, 0.6) is 0 Å². The van der Waals surface area contributed by atoms with Gasteiger partial charge in [0.25, 0.3) is 0 Å². The summed E-state index contributed by atoms with van der Waals surface area (Å²) >= 11 is 0. The van der Waals surface area contributed by atoms with Crippen LogP contribution in [0.1, 0.15) is 52.1 Å². The molecular formula is C17H24BNO4. The van der Waals surface area contributed by atoms with Gasteiger partial charge in [-0.05, 0) is 51.6 Å². The zero-order valence-corrected chi connectivity index (χ0v) is 14.2. The average Bonchev–Trinajstić information content (AvgIpc) is 3.02. The lowest BCUT2D eigenvalue weighted by molar-refractivity contribution is 0.00578. The Morgan fingerprint density at radius 2 is 1.91 bits per heavy atom. The summed E-state index contributed by atoms with van der Waals surface area (Å²) in [6, 6.07) is 7.86. The Balaban J connectivity index is 1.85. The van der Waals surface area contributed by atoms with Gasteiger partial charge in [-0.2, -0.15) is 0 Å². The molecule has 23 heavy (non-hydrogen) atoms. The van der Waals surface area contributed by atoms with Crippen molar-refractivity contribution in [2.24, 2.45) is 0 Å². The van der Waals surface area contributed by atoms with Crippen LogP contribution in [-0.2, 0) is 9.31 Å². The van der Waals surface area contributed by atoms with Crippen molar-refractivity contribution in [2.45, 2.75) is 57.8 Å². The number of likely N-dealkylation sites (tertiary alicyclic amines) is 1. The Labute approximate surface area is 137 Å². The summed E-state index contributed by atoms with van der Waals surface area (Å²) in [4.78, 5) is 12.9. The molecule has 1 amide bonds. The largest absolute Gasteiger partial charge is 0.494 e. The molecule has 2 fully saturated rings. The fraction of sp³-hybridized carbons (Fsp3) is 0.588. The zero-order valence-electron chi connectivity index (χ0n) is 14.2. The van der Waals surface area contributed by atoms with Crippen molar-refractivity contribution >= 4 is 18.7 Å². The fourth-order valence-corrected chi connectivity index (χ4v) is 3.23. The minimum absolute atomic E-state index is 0.0742. The van der Waals surface area contributed by atoms with Crippen LogP contribution in [0.2, 0.25) is 0 Å². The second kappa shape index (κ2) is 5.53. The van der Waals surface area contributed by atoms with Crippen LogP contribution in [0, 0.1) is 0 Å². The molecule has 1 aromatic carbocycles. The maximum atomic E-state index is 11.4. The predicted molar refractivity (Wildman–Crippen MR) is 88.9 cm³/mol. The van der Waals surface area contributed by atoms with Crippen LogP contribution in [0.3, 0.4) is 0 Å². The number of benzene rings is 1. The van der Waals surface area contributed by atoms with Gasteiger partial charge < -0.3 is 19.3 Å². The summed E-state index contributed by atoms with van der Waals surface area (Å²) in [5, 5.41) is 9.34. The molecule has 6 heteroatoms. The van der Waals surface area contributed by atoms with Crippen LogP contribution in [-0.4, -0.2) is 41.0 Å². The molecule has 0 spiro atoms. The first-order valence-electron chi connectivity index (χ1n) is 8.16. The lowest BCUT2D eigenvalue weighted by Gasteiger charge is -2.32. The van der Waals surface area contributed by atoms with E-state index in [4.69, 9.17) is 9.31 Å². The topological polar surface area (TPSA) is 59.0 Å². The summed E-state index contributed by atoms with van der Waals surface area (Å²) in [6.45, 7) is 8.71. The number of hydrogen-bond donors (Lipinski definition) is 1. The van der Waals surface area contributed by atoms with Gasteiger partial charge in [0.05, 0.1) is 17.2 Å². The highest BCUT2D eigenvalue weighted by Gasteiger charge is 2.51. The van der Waals surface area contributed by atoms with E-state index in [0.29, 0.717) is 6.54 Å². The summed E-state index contributed by atoms with van der Waals surface area (Å²) < 4.78 is 12.2. The van der Waals surface area contributed by atoms with Crippen molar-refractivity contribution in [2.75, 3.05) is 6.54 Å². The summed E-state index contributed by atoms with van der Waals surface area (Å²) in [7, 11) is -0.417. The van der Waals surface area contributed by atoms with Crippen LogP contribution < -0.4 is 5.46 Å². The van der Waals surface area contributed by atoms with Crippen LogP contribution in [0.4, 0.5) is 4.79 Å². The van der Waals surface area contributed by atoms with Crippen molar-refractivity contribution in [1.29, 1.82) is 0 Å². The molecule has 0 bridgehead atoms. The molecule has 5 nitrogen and oxygen atoms in total. The molecule has 3 rings (SSSR count). The van der Waals surface area contributed by atoms with Gasteiger partial charge in [-0.15, -0.1) is 0 Å². The van der Waals surface area contributed by atoms with Gasteiger partial charge >= 0.3 is 13.2 Å². The third-order valence-corrected chi connectivity index (χ3v) is 5.32. The third kappa shape index (κ3) is 2.86. The molecule has 0 radical (unpaired) electrons. The second-order valence-corrected chi connectivity index (χ2v) is 7.39. The minimum Gasteiger partial charge on any atom is -0.465 e. The Morgan fingerprint density at radius 1 is 1.26 bits per heavy atom. The average molecular weight is 317 g/mol. The van der Waals surface area contributed by atoms with Gasteiger partial charge in [-0.1, -0.05) is 24.3 Å². The quantitative estimate of drug-likeness (QED) is 0.852. The van der Waals surface area contributed by atoms with Crippen LogP contribution in [0.15, 0.2) is 24.3 Å². The smallest absolute Gasteiger partial charge is 0.465 e. The molecule has 0 aromatic heterocycles. The molecule has 0 aliphatic carbocycles. The van der Waals surface area contributed by atoms with Gasteiger partial charge in [0.15, 0.2) is 0 Å². The van der Waals surface area contributed by atoms with Crippen molar-refractivity contribution in [3.05, 3.63) is 29.8 Å². The second-order valence-electron chi connectivity index (χ2n) is 7.39. The van der Waals surface area contributed by atoms with Gasteiger partial charge in [-0.3, -0.25) is 0 Å². The molecule has 0 saturated carbocycles. The normalized spacial score (nSPS) is 25.8. The van der Waals surface area contributed by atoms with Gasteiger partial charge in [-0.25, -0.2) is 4.79 Å². The number of amides is 1. The molecule has 1 N–H and O–H groups in total. The fourth-order valence-electron chi connectivity index (χ4n) is 3.23. The van der Waals surface area contributed by atoms with E-state index in [1.165, 1.54) is 4.90 Å². The Morgan fingerprint density at radius 3 is 2.52 bits per heavy atom. The molecule has 2 saturated heterocycles. The Bertz CT molecular complexity index is 600. The number of carbonyl (C=O) groups is 1. The van der Waals surface area contributed by atoms with E-state index in [1.807, 2.05) is 52.0 Å². The molecule has 2 aliphatic rings. The Hall–Kier alpha value is -1.53. The van der Waals surface area contributed by atoms with E-state index in [2.05, 4.69) is 0 Å². The summed E-state index contributed by atoms with van der Waals surface area (Å²) in [6.07, 6.45) is 0.908. The summed E-state index contributed by atoms with van der Waals surface area (Å²) in [5.41, 5.74) is 1.19. The highest BCUT2D eigenvalue weighted by Crippen LogP contribution is 2.37. The van der Waals surface area contributed by atoms with E-state index in [0.717, 1.165) is 23.9 Å². The SMILES string of the molecule is CC1(C)OB(c2cccc(C3CCCN3C(=O)O)c2)OC1(C)C. The number of nitrogens with zero attached hydrogens (tertiary/aromatic N) is 1. The first-order chi connectivity index (χ1) is 10.7. The van der Waals surface area contributed by atoms with E-state index in [-0.39, 0.29) is 17.2 Å². The number of hydrogen-bond acceptors (Lipinski definition) is 3. The maximum Gasteiger partial charge on any atom is 0.494 e. The first kappa shape index (κ1) is 16.3. The van der Waals surface area contributed by atoms with Crippen molar-refractivity contribution in [1.82, 2.24) is 4.90 Å². The minimum atomic E-state index is -0.853. The molecule has 1 atom stereocenters. The van der Waals surface area contributed by atoms with Crippen LogP contribution >= 0.6 is 0 Å². The number of carboxylic acid groups (broad SMARTS) is 1. The van der Waals surface area contributed by atoms with Gasteiger partial charge in [0.2, 0.25) is 0 Å². The monoisotopic (exact) mass is 317 g/mol. The standard InChI is InChI=1S/C17H24BNO4/c1-16(2)17(3,4)23-18(22-16)13-8-5-7-12(11-13)14-9-6-10-19(14)15(20)21/h5,7-8,11,14H,6,9-10H2,1-4H3,(H,20,21). The molecule has 1 unspecified atom stereocenters. The van der Waals surface area contributed by atoms with Gasteiger partial charge in [0.1, 0.15) is 0 Å². The molecule has 1 aromatic rings. The molecule has 2 aliphatic heterocycles. The van der Waals surface area contributed by atoms with Crippen molar-refractivity contribution in [3.63, 3.8) is 0 Å². The highest BCUT2D eigenvalue weighted by molar-refractivity contribution is 6.62. The molecular weight excluding hydrogens is 293 g/mol. The van der Waals surface area contributed by atoms with Crippen LogP contribution in [0.25, 0.3) is 0 Å². The number of rotatable bonds is 2. The maximum absolute atomic E-state index is 11.4. The van der Waals surface area contributed by atoms with E-state index in [1.54, 1.807) is 0 Å². The molecule has 124 valence electrons.